The molecule has 2 N–H and O–H groups in total. The van der Waals surface area contributed by atoms with Gasteiger partial charge in [-0.2, -0.15) is 0 Å². The molecule has 0 spiro atoms. The van der Waals surface area contributed by atoms with Crippen molar-refractivity contribution in [1.29, 1.82) is 0 Å². The third-order valence-corrected chi connectivity index (χ3v) is 5.15. The SMILES string of the molecule is C[C@H]1C[C@@H](NC(=O)[C@@H]2CCCC[C@@H]2C(=O)O)CC(C)(C)C1. The van der Waals surface area contributed by atoms with Crippen LogP contribution in [0, 0.1) is 23.2 Å². The summed E-state index contributed by atoms with van der Waals surface area (Å²) in [6, 6.07) is 0.202. The molecule has 2 aliphatic rings. The van der Waals surface area contributed by atoms with E-state index >= 15 is 0 Å². The van der Waals surface area contributed by atoms with Gasteiger partial charge in [0.05, 0.1) is 11.8 Å². The van der Waals surface area contributed by atoms with Crippen LogP contribution in [0.2, 0.25) is 0 Å². The summed E-state index contributed by atoms with van der Waals surface area (Å²) in [6.45, 7) is 6.74. The number of hydrogen-bond acceptors (Lipinski definition) is 2. The average molecular weight is 295 g/mol. The van der Waals surface area contributed by atoms with Crippen molar-refractivity contribution in [3.8, 4) is 0 Å². The minimum atomic E-state index is -0.813. The second-order valence-electron chi connectivity index (χ2n) is 7.95. The molecule has 0 unspecified atom stereocenters. The molecule has 21 heavy (non-hydrogen) atoms. The normalized spacial score (nSPS) is 36.0. The molecule has 0 heterocycles. The molecule has 0 aliphatic heterocycles. The van der Waals surface area contributed by atoms with Crippen LogP contribution in [0.5, 0.6) is 0 Å². The molecule has 2 fully saturated rings. The van der Waals surface area contributed by atoms with Gasteiger partial charge in [0.25, 0.3) is 0 Å². The maximum atomic E-state index is 12.5. The fourth-order valence-corrected chi connectivity index (χ4v) is 4.50. The topological polar surface area (TPSA) is 66.4 Å². The van der Waals surface area contributed by atoms with E-state index in [1.807, 2.05) is 0 Å². The van der Waals surface area contributed by atoms with Gasteiger partial charge in [-0.25, -0.2) is 0 Å². The average Bonchev–Trinajstić information content (AvgIpc) is 2.36. The summed E-state index contributed by atoms with van der Waals surface area (Å²) < 4.78 is 0. The van der Waals surface area contributed by atoms with E-state index in [2.05, 4.69) is 26.1 Å². The van der Waals surface area contributed by atoms with Gasteiger partial charge in [-0.15, -0.1) is 0 Å². The van der Waals surface area contributed by atoms with Crippen LogP contribution >= 0.6 is 0 Å². The Labute approximate surface area is 127 Å². The molecule has 1 amide bonds. The minimum absolute atomic E-state index is 0.0306. The van der Waals surface area contributed by atoms with Gasteiger partial charge in [-0.3, -0.25) is 9.59 Å². The predicted molar refractivity (Wildman–Crippen MR) is 81.8 cm³/mol. The molecular weight excluding hydrogens is 266 g/mol. The lowest BCUT2D eigenvalue weighted by molar-refractivity contribution is -0.149. The number of amides is 1. The highest BCUT2D eigenvalue weighted by Crippen LogP contribution is 2.39. The van der Waals surface area contributed by atoms with Crippen LogP contribution in [0.1, 0.15) is 65.7 Å². The highest BCUT2D eigenvalue weighted by Gasteiger charge is 2.38. The number of aliphatic carboxylic acids is 1. The van der Waals surface area contributed by atoms with E-state index in [1.165, 1.54) is 6.42 Å². The van der Waals surface area contributed by atoms with E-state index in [-0.39, 0.29) is 23.3 Å². The van der Waals surface area contributed by atoms with Gasteiger partial charge in [0.15, 0.2) is 0 Å². The summed E-state index contributed by atoms with van der Waals surface area (Å²) >= 11 is 0. The van der Waals surface area contributed by atoms with Crippen molar-refractivity contribution in [3.63, 3.8) is 0 Å². The smallest absolute Gasteiger partial charge is 0.307 e. The zero-order valence-corrected chi connectivity index (χ0v) is 13.5. The van der Waals surface area contributed by atoms with Crippen molar-refractivity contribution in [3.05, 3.63) is 0 Å². The van der Waals surface area contributed by atoms with E-state index in [9.17, 15) is 14.7 Å². The van der Waals surface area contributed by atoms with Crippen LogP contribution < -0.4 is 5.32 Å². The van der Waals surface area contributed by atoms with E-state index in [4.69, 9.17) is 0 Å². The van der Waals surface area contributed by atoms with Crippen molar-refractivity contribution < 1.29 is 14.7 Å². The molecule has 4 atom stereocenters. The van der Waals surface area contributed by atoms with Gasteiger partial charge in [0.1, 0.15) is 0 Å². The third kappa shape index (κ3) is 4.21. The Hall–Kier alpha value is -1.06. The molecule has 4 nitrogen and oxygen atoms in total. The second kappa shape index (κ2) is 6.37. The number of carbonyl (C=O) groups excluding carboxylic acids is 1. The van der Waals surface area contributed by atoms with Crippen LogP contribution in [0.3, 0.4) is 0 Å². The first-order chi connectivity index (χ1) is 9.78. The van der Waals surface area contributed by atoms with Crippen LogP contribution in [-0.2, 0) is 9.59 Å². The minimum Gasteiger partial charge on any atom is -0.481 e. The molecule has 2 aliphatic carbocycles. The van der Waals surface area contributed by atoms with Gasteiger partial charge in [0, 0.05) is 6.04 Å². The Balaban J connectivity index is 1.98. The number of carboxylic acids is 1. The molecule has 4 heteroatoms. The Kier molecular flexibility index (Phi) is 4.95. The molecule has 0 radical (unpaired) electrons. The molecule has 2 saturated carbocycles. The molecule has 0 aromatic carbocycles. The monoisotopic (exact) mass is 295 g/mol. The first-order valence-electron chi connectivity index (χ1n) is 8.32. The van der Waals surface area contributed by atoms with Gasteiger partial charge in [-0.05, 0) is 43.4 Å². The number of carbonyl (C=O) groups is 2. The fourth-order valence-electron chi connectivity index (χ4n) is 4.50. The summed E-state index contributed by atoms with van der Waals surface area (Å²) in [5.74, 6) is -1.06. The summed E-state index contributed by atoms with van der Waals surface area (Å²) in [6.07, 6.45) is 6.45. The predicted octanol–water partition coefficient (Wildman–Crippen LogP) is 3.21. The maximum Gasteiger partial charge on any atom is 0.307 e. The second-order valence-corrected chi connectivity index (χ2v) is 7.95. The van der Waals surface area contributed by atoms with Gasteiger partial charge in [0.2, 0.25) is 5.91 Å². The number of carboxylic acid groups (broad SMARTS) is 1. The lowest BCUT2D eigenvalue weighted by atomic mass is 9.70. The van der Waals surface area contributed by atoms with Crippen molar-refractivity contribution in [1.82, 2.24) is 5.32 Å². The first-order valence-corrected chi connectivity index (χ1v) is 8.32. The maximum absolute atomic E-state index is 12.5. The van der Waals surface area contributed by atoms with E-state index in [1.54, 1.807) is 0 Å². The van der Waals surface area contributed by atoms with Gasteiger partial charge >= 0.3 is 5.97 Å². The van der Waals surface area contributed by atoms with Crippen molar-refractivity contribution >= 4 is 11.9 Å². The fraction of sp³-hybridized carbons (Fsp3) is 0.882. The molecule has 0 bridgehead atoms. The highest BCUT2D eigenvalue weighted by molar-refractivity contribution is 5.85. The quantitative estimate of drug-likeness (QED) is 0.840. The zero-order valence-electron chi connectivity index (χ0n) is 13.5. The molecule has 120 valence electrons. The number of nitrogens with one attached hydrogen (secondary N) is 1. The van der Waals surface area contributed by atoms with Crippen LogP contribution in [-0.4, -0.2) is 23.0 Å². The van der Waals surface area contributed by atoms with Gasteiger partial charge in [-0.1, -0.05) is 33.6 Å². The lowest BCUT2D eigenvalue weighted by Gasteiger charge is -2.40. The largest absolute Gasteiger partial charge is 0.481 e. The zero-order chi connectivity index (χ0) is 15.6. The Morgan fingerprint density at radius 3 is 2.29 bits per heavy atom. The first kappa shape index (κ1) is 16.3. The van der Waals surface area contributed by atoms with Crippen LogP contribution in [0.4, 0.5) is 0 Å². The van der Waals surface area contributed by atoms with Gasteiger partial charge < -0.3 is 10.4 Å². The molecule has 0 saturated heterocycles. The summed E-state index contributed by atoms with van der Waals surface area (Å²) in [5.41, 5.74) is 0.258. The standard InChI is InChI=1S/C17H29NO3/c1-11-8-12(10-17(2,3)9-11)18-15(19)13-6-4-5-7-14(13)16(20)21/h11-14H,4-10H2,1-3H3,(H,18,19)(H,20,21)/t11-,12+,13+,14-/m0/s1. The third-order valence-electron chi connectivity index (χ3n) is 5.15. The van der Waals surface area contributed by atoms with Crippen LogP contribution in [0.15, 0.2) is 0 Å². The van der Waals surface area contributed by atoms with Crippen LogP contribution in [0.25, 0.3) is 0 Å². The Morgan fingerprint density at radius 2 is 1.71 bits per heavy atom. The molecular formula is C17H29NO3. The van der Waals surface area contributed by atoms with Crippen molar-refractivity contribution in [2.75, 3.05) is 0 Å². The molecule has 0 aromatic rings. The van der Waals surface area contributed by atoms with E-state index in [0.717, 1.165) is 25.7 Å². The highest BCUT2D eigenvalue weighted by atomic mass is 16.4. The van der Waals surface area contributed by atoms with Crippen molar-refractivity contribution in [2.45, 2.75) is 71.8 Å². The summed E-state index contributed by atoms with van der Waals surface area (Å²) in [5, 5.41) is 12.5. The lowest BCUT2D eigenvalue weighted by Crippen LogP contribution is -2.47. The molecule has 2 rings (SSSR count). The Bertz CT molecular complexity index is 405. The molecule has 0 aromatic heterocycles. The summed E-state index contributed by atoms with van der Waals surface area (Å²) in [7, 11) is 0. The summed E-state index contributed by atoms with van der Waals surface area (Å²) in [4.78, 5) is 23.9. The Morgan fingerprint density at radius 1 is 1.10 bits per heavy atom. The van der Waals surface area contributed by atoms with E-state index < -0.39 is 11.9 Å². The number of rotatable bonds is 3. The van der Waals surface area contributed by atoms with Crippen molar-refractivity contribution in [2.24, 2.45) is 23.2 Å². The number of hydrogen-bond donors (Lipinski definition) is 2. The van der Waals surface area contributed by atoms with E-state index in [0.29, 0.717) is 18.8 Å².